The van der Waals surface area contributed by atoms with Crippen LogP contribution < -0.4 is 10.6 Å². The third-order valence-electron chi connectivity index (χ3n) is 2.13. The lowest BCUT2D eigenvalue weighted by atomic mass is 10.4. The molecule has 6 nitrogen and oxygen atoms in total. The van der Waals surface area contributed by atoms with Gasteiger partial charge < -0.3 is 15.7 Å². The molecule has 114 valence electrons. The maximum atomic E-state index is 11.6. The van der Waals surface area contributed by atoms with Gasteiger partial charge in [0.2, 0.25) is 11.8 Å². The fraction of sp³-hybridized carbons (Fsp3) is 0.250. The molecule has 0 saturated heterocycles. The third kappa shape index (κ3) is 7.22. The summed E-state index contributed by atoms with van der Waals surface area (Å²) < 4.78 is 0. The first-order valence-corrected chi connectivity index (χ1v) is 7.45. The number of carbonyl (C=O) groups is 3. The molecule has 1 rings (SSSR count). The molecule has 0 aliphatic carbocycles. The Morgan fingerprint density at radius 3 is 2.43 bits per heavy atom. The lowest BCUT2D eigenvalue weighted by Gasteiger charge is -2.06. The zero-order chi connectivity index (χ0) is 15.8. The van der Waals surface area contributed by atoms with E-state index in [2.05, 4.69) is 10.6 Å². The predicted molar refractivity (Wildman–Crippen MR) is 80.8 cm³/mol. The average molecular weight is 351 g/mol. The molecule has 0 atom stereocenters. The molecule has 0 bridgehead atoms. The number of rotatable bonds is 7. The van der Waals surface area contributed by atoms with E-state index in [1.165, 1.54) is 11.8 Å². The number of hydrogen-bond donors (Lipinski definition) is 3. The molecular formula is C12H12Cl2N2O4S. The molecule has 0 aliphatic rings. The Bertz CT molecular complexity index is 554. The third-order valence-corrected chi connectivity index (χ3v) is 3.87. The van der Waals surface area contributed by atoms with Crippen molar-refractivity contribution in [2.24, 2.45) is 0 Å². The molecule has 0 heterocycles. The van der Waals surface area contributed by atoms with Crippen LogP contribution in [0.3, 0.4) is 0 Å². The highest BCUT2D eigenvalue weighted by molar-refractivity contribution is 8.00. The van der Waals surface area contributed by atoms with Gasteiger partial charge in [-0.25, -0.2) is 0 Å². The molecule has 0 aromatic heterocycles. The van der Waals surface area contributed by atoms with Crippen LogP contribution in [0.2, 0.25) is 10.0 Å². The molecule has 21 heavy (non-hydrogen) atoms. The van der Waals surface area contributed by atoms with Crippen molar-refractivity contribution in [2.45, 2.75) is 4.90 Å². The lowest BCUT2D eigenvalue weighted by Crippen LogP contribution is -2.39. The van der Waals surface area contributed by atoms with E-state index in [9.17, 15) is 14.4 Å². The van der Waals surface area contributed by atoms with E-state index in [-0.39, 0.29) is 18.2 Å². The van der Waals surface area contributed by atoms with Gasteiger partial charge in [-0.05, 0) is 18.2 Å². The molecule has 0 saturated carbocycles. The SMILES string of the molecule is O=C(O)CNC(=O)CNC(=O)CSc1cc(Cl)ccc1Cl. The van der Waals surface area contributed by atoms with Crippen LogP contribution in [0.4, 0.5) is 0 Å². The number of aliphatic carboxylic acids is 1. The predicted octanol–water partition coefficient (Wildman–Crippen LogP) is 1.40. The smallest absolute Gasteiger partial charge is 0.322 e. The number of halogens is 2. The maximum Gasteiger partial charge on any atom is 0.322 e. The normalized spacial score (nSPS) is 10.0. The number of carboxylic acid groups (broad SMARTS) is 1. The number of thioether (sulfide) groups is 1. The molecule has 2 amide bonds. The van der Waals surface area contributed by atoms with Crippen LogP contribution in [0.25, 0.3) is 0 Å². The molecule has 0 fully saturated rings. The number of benzene rings is 1. The van der Waals surface area contributed by atoms with Gasteiger partial charge in [-0.3, -0.25) is 14.4 Å². The summed E-state index contributed by atoms with van der Waals surface area (Å²) in [6, 6.07) is 4.91. The minimum atomic E-state index is -1.15. The van der Waals surface area contributed by atoms with Gasteiger partial charge in [-0.15, -0.1) is 11.8 Å². The maximum absolute atomic E-state index is 11.6. The van der Waals surface area contributed by atoms with Crippen LogP contribution in [-0.2, 0) is 14.4 Å². The van der Waals surface area contributed by atoms with Gasteiger partial charge in [0.1, 0.15) is 6.54 Å². The van der Waals surface area contributed by atoms with Crippen molar-refractivity contribution in [2.75, 3.05) is 18.8 Å². The van der Waals surface area contributed by atoms with Gasteiger partial charge in [-0.2, -0.15) is 0 Å². The number of nitrogens with one attached hydrogen (secondary N) is 2. The van der Waals surface area contributed by atoms with Crippen molar-refractivity contribution in [3.8, 4) is 0 Å². The average Bonchev–Trinajstić information content (AvgIpc) is 2.43. The topological polar surface area (TPSA) is 95.5 Å². The zero-order valence-electron chi connectivity index (χ0n) is 10.7. The van der Waals surface area contributed by atoms with Crippen LogP contribution in [-0.4, -0.2) is 41.7 Å². The van der Waals surface area contributed by atoms with Gasteiger partial charge in [0.15, 0.2) is 0 Å². The number of hydrogen-bond acceptors (Lipinski definition) is 4. The molecule has 0 radical (unpaired) electrons. The quantitative estimate of drug-likeness (QED) is 0.646. The first-order chi connectivity index (χ1) is 9.88. The van der Waals surface area contributed by atoms with E-state index in [1.54, 1.807) is 18.2 Å². The molecule has 0 unspecified atom stereocenters. The molecule has 3 N–H and O–H groups in total. The van der Waals surface area contributed by atoms with Crippen LogP contribution in [0, 0.1) is 0 Å². The van der Waals surface area contributed by atoms with E-state index in [0.717, 1.165) is 0 Å². The van der Waals surface area contributed by atoms with Crippen LogP contribution >= 0.6 is 35.0 Å². The highest BCUT2D eigenvalue weighted by Crippen LogP contribution is 2.29. The summed E-state index contributed by atoms with van der Waals surface area (Å²) in [7, 11) is 0. The minimum absolute atomic E-state index is 0.0618. The first kappa shape index (κ1) is 17.6. The van der Waals surface area contributed by atoms with Crippen molar-refractivity contribution in [1.82, 2.24) is 10.6 Å². The monoisotopic (exact) mass is 350 g/mol. The van der Waals surface area contributed by atoms with Gasteiger partial charge in [0.25, 0.3) is 0 Å². The van der Waals surface area contributed by atoms with E-state index in [1.807, 2.05) is 0 Å². The van der Waals surface area contributed by atoms with E-state index in [0.29, 0.717) is 14.9 Å². The zero-order valence-corrected chi connectivity index (χ0v) is 13.0. The molecule has 0 aliphatic heterocycles. The number of carbonyl (C=O) groups excluding carboxylic acids is 2. The fourth-order valence-corrected chi connectivity index (χ4v) is 2.52. The van der Waals surface area contributed by atoms with E-state index >= 15 is 0 Å². The van der Waals surface area contributed by atoms with Crippen molar-refractivity contribution < 1.29 is 19.5 Å². The van der Waals surface area contributed by atoms with Crippen LogP contribution in [0.5, 0.6) is 0 Å². The molecule has 1 aromatic carbocycles. The number of carboxylic acids is 1. The minimum Gasteiger partial charge on any atom is -0.480 e. The Balaban J connectivity index is 2.32. The Morgan fingerprint density at radius 2 is 1.76 bits per heavy atom. The second-order valence-corrected chi connectivity index (χ2v) is 5.67. The summed E-state index contributed by atoms with van der Waals surface area (Å²) in [6.07, 6.45) is 0. The highest BCUT2D eigenvalue weighted by Gasteiger charge is 2.09. The van der Waals surface area contributed by atoms with Gasteiger partial charge in [0, 0.05) is 9.92 Å². The molecule has 0 spiro atoms. The highest BCUT2D eigenvalue weighted by atomic mass is 35.5. The molecule has 1 aromatic rings. The molecular weight excluding hydrogens is 339 g/mol. The second kappa shape index (κ2) is 8.76. The van der Waals surface area contributed by atoms with Crippen LogP contribution in [0.1, 0.15) is 0 Å². The number of amides is 2. The standard InChI is InChI=1S/C12H12Cl2N2O4S/c13-7-1-2-8(14)9(3-7)21-6-11(18)15-4-10(17)16-5-12(19)20/h1-3H,4-6H2,(H,15,18)(H,16,17)(H,19,20). The molecule has 9 heteroatoms. The second-order valence-electron chi connectivity index (χ2n) is 3.81. The van der Waals surface area contributed by atoms with Gasteiger partial charge in [0.05, 0.1) is 17.3 Å². The summed E-state index contributed by atoms with van der Waals surface area (Å²) in [6.45, 7) is -0.766. The van der Waals surface area contributed by atoms with E-state index in [4.69, 9.17) is 28.3 Å². The van der Waals surface area contributed by atoms with Crippen molar-refractivity contribution >= 4 is 52.7 Å². The summed E-state index contributed by atoms with van der Waals surface area (Å²) >= 11 is 13.0. The Morgan fingerprint density at radius 1 is 1.10 bits per heavy atom. The van der Waals surface area contributed by atoms with Crippen molar-refractivity contribution in [1.29, 1.82) is 0 Å². The first-order valence-electron chi connectivity index (χ1n) is 5.71. The Hall–Kier alpha value is -1.44. The summed E-state index contributed by atoms with van der Waals surface area (Å²) in [5.41, 5.74) is 0. The summed E-state index contributed by atoms with van der Waals surface area (Å²) in [5.74, 6) is -2.04. The van der Waals surface area contributed by atoms with Crippen molar-refractivity contribution in [3.05, 3.63) is 28.2 Å². The Kier molecular flexibility index (Phi) is 7.35. The van der Waals surface area contributed by atoms with Gasteiger partial charge in [-0.1, -0.05) is 23.2 Å². The largest absolute Gasteiger partial charge is 0.480 e. The summed E-state index contributed by atoms with van der Waals surface area (Å²) in [5, 5.41) is 13.9. The summed E-state index contributed by atoms with van der Waals surface area (Å²) in [4.78, 5) is 33.6. The van der Waals surface area contributed by atoms with Crippen molar-refractivity contribution in [3.63, 3.8) is 0 Å². The Labute approximate surface area is 135 Å². The lowest BCUT2D eigenvalue weighted by molar-refractivity contribution is -0.137. The van der Waals surface area contributed by atoms with Gasteiger partial charge >= 0.3 is 5.97 Å². The van der Waals surface area contributed by atoms with Crippen LogP contribution in [0.15, 0.2) is 23.1 Å². The fourth-order valence-electron chi connectivity index (χ4n) is 1.20. The van der Waals surface area contributed by atoms with E-state index < -0.39 is 18.4 Å².